The number of fused-ring (bicyclic) bond motifs is 1. The van der Waals surface area contributed by atoms with Gasteiger partial charge in [0.15, 0.2) is 0 Å². The molecule has 3 nitrogen and oxygen atoms in total. The van der Waals surface area contributed by atoms with Gasteiger partial charge in [-0.05, 0) is 43.0 Å². The average molecular weight is 383 g/mol. The molecular formula is C20H19BrN2O. The van der Waals surface area contributed by atoms with Gasteiger partial charge in [0.05, 0.1) is 0 Å². The minimum Gasteiger partial charge on any atom is -0.367 e. The van der Waals surface area contributed by atoms with Crippen LogP contribution in [0.2, 0.25) is 0 Å². The number of H-pyrrole nitrogens is 1. The fourth-order valence-electron chi connectivity index (χ4n) is 3.57. The van der Waals surface area contributed by atoms with Crippen molar-refractivity contribution in [2.75, 3.05) is 18.0 Å². The first-order chi connectivity index (χ1) is 11.7. The van der Waals surface area contributed by atoms with Crippen LogP contribution in [0.5, 0.6) is 0 Å². The number of hydrogen-bond donors (Lipinski definition) is 1. The third-order valence-corrected chi connectivity index (χ3v) is 5.18. The normalized spacial score (nSPS) is 15.0. The van der Waals surface area contributed by atoms with Crippen LogP contribution < -0.4 is 10.5 Å². The van der Waals surface area contributed by atoms with Gasteiger partial charge in [-0.3, -0.25) is 4.79 Å². The van der Waals surface area contributed by atoms with E-state index < -0.39 is 0 Å². The Balaban J connectivity index is 2.06. The molecule has 1 aromatic heterocycles. The Hall–Kier alpha value is -2.07. The maximum Gasteiger partial charge on any atom is 0.272 e. The summed E-state index contributed by atoms with van der Waals surface area (Å²) in [6.07, 6.45) is 3.53. The van der Waals surface area contributed by atoms with Crippen molar-refractivity contribution in [1.29, 1.82) is 0 Å². The van der Waals surface area contributed by atoms with Crippen LogP contribution in [-0.2, 0) is 0 Å². The Morgan fingerprint density at radius 2 is 1.71 bits per heavy atom. The first-order valence-corrected chi connectivity index (χ1v) is 9.19. The average Bonchev–Trinajstić information content (AvgIpc) is 2.62. The highest BCUT2D eigenvalue weighted by molar-refractivity contribution is 9.10. The lowest BCUT2D eigenvalue weighted by Gasteiger charge is -2.30. The summed E-state index contributed by atoms with van der Waals surface area (Å²) in [7, 11) is 0. The highest BCUT2D eigenvalue weighted by Gasteiger charge is 2.21. The minimum absolute atomic E-state index is 0.00516. The molecule has 2 heterocycles. The standard InChI is InChI=1S/C20H19BrN2O/c21-15-9-10-17-16(13-15)18(14-7-3-1-4-8-14)19(20(24)22-17)23-11-5-2-6-12-23/h1,3-4,7-10,13H,2,5-6,11-12H2,(H,22,24). The topological polar surface area (TPSA) is 36.1 Å². The molecule has 4 heteroatoms. The monoisotopic (exact) mass is 382 g/mol. The van der Waals surface area contributed by atoms with E-state index in [4.69, 9.17) is 0 Å². The second-order valence-corrected chi connectivity index (χ2v) is 7.20. The number of aromatic nitrogens is 1. The summed E-state index contributed by atoms with van der Waals surface area (Å²) in [5, 5.41) is 1.08. The summed E-state index contributed by atoms with van der Waals surface area (Å²) in [6.45, 7) is 1.89. The van der Waals surface area contributed by atoms with E-state index in [-0.39, 0.29) is 5.56 Å². The van der Waals surface area contributed by atoms with Gasteiger partial charge in [0.1, 0.15) is 5.69 Å². The lowest BCUT2D eigenvalue weighted by molar-refractivity contribution is 0.577. The Labute approximate surface area is 149 Å². The van der Waals surface area contributed by atoms with Gasteiger partial charge in [-0.1, -0.05) is 46.3 Å². The number of hydrogen-bond acceptors (Lipinski definition) is 2. The zero-order valence-electron chi connectivity index (χ0n) is 13.4. The van der Waals surface area contributed by atoms with Crippen LogP contribution in [0, 0.1) is 0 Å². The van der Waals surface area contributed by atoms with Gasteiger partial charge < -0.3 is 9.88 Å². The number of nitrogens with zero attached hydrogens (tertiary/aromatic N) is 1. The van der Waals surface area contributed by atoms with Crippen LogP contribution in [-0.4, -0.2) is 18.1 Å². The van der Waals surface area contributed by atoms with Crippen molar-refractivity contribution in [3.05, 3.63) is 63.4 Å². The van der Waals surface area contributed by atoms with Crippen LogP contribution in [0.25, 0.3) is 22.0 Å². The molecule has 1 N–H and O–H groups in total. The van der Waals surface area contributed by atoms with E-state index in [1.54, 1.807) is 0 Å². The van der Waals surface area contributed by atoms with Gasteiger partial charge in [0, 0.05) is 34.0 Å². The fourth-order valence-corrected chi connectivity index (χ4v) is 3.93. The van der Waals surface area contributed by atoms with Gasteiger partial charge in [-0.2, -0.15) is 0 Å². The van der Waals surface area contributed by atoms with Crippen molar-refractivity contribution >= 4 is 32.5 Å². The van der Waals surface area contributed by atoms with Crippen LogP contribution in [0.1, 0.15) is 19.3 Å². The molecule has 0 spiro atoms. The van der Waals surface area contributed by atoms with Crippen molar-refractivity contribution in [2.24, 2.45) is 0 Å². The van der Waals surface area contributed by atoms with Gasteiger partial charge in [-0.25, -0.2) is 0 Å². The molecular weight excluding hydrogens is 364 g/mol. The molecule has 0 amide bonds. The highest BCUT2D eigenvalue weighted by Crippen LogP contribution is 2.36. The minimum atomic E-state index is 0.00516. The lowest BCUT2D eigenvalue weighted by Crippen LogP contribution is -2.34. The lowest BCUT2D eigenvalue weighted by atomic mass is 9.97. The predicted molar refractivity (Wildman–Crippen MR) is 104 cm³/mol. The van der Waals surface area contributed by atoms with Gasteiger partial charge in [0.25, 0.3) is 5.56 Å². The van der Waals surface area contributed by atoms with Crippen molar-refractivity contribution in [2.45, 2.75) is 19.3 Å². The number of anilines is 1. The summed E-state index contributed by atoms with van der Waals surface area (Å²) >= 11 is 3.57. The van der Waals surface area contributed by atoms with E-state index in [1.165, 1.54) is 6.42 Å². The maximum atomic E-state index is 12.9. The predicted octanol–water partition coefficient (Wildman–Crippen LogP) is 4.95. The second kappa shape index (κ2) is 6.44. The molecule has 0 saturated carbocycles. The van der Waals surface area contributed by atoms with Crippen LogP contribution in [0.4, 0.5) is 5.69 Å². The molecule has 1 aliphatic rings. The zero-order valence-corrected chi connectivity index (χ0v) is 15.0. The molecule has 1 saturated heterocycles. The Bertz CT molecular complexity index is 928. The molecule has 0 unspecified atom stereocenters. The summed E-state index contributed by atoms with van der Waals surface area (Å²) in [5.74, 6) is 0. The number of aromatic amines is 1. The van der Waals surface area contributed by atoms with Crippen LogP contribution >= 0.6 is 15.9 Å². The molecule has 24 heavy (non-hydrogen) atoms. The third kappa shape index (κ3) is 2.75. The van der Waals surface area contributed by atoms with Crippen LogP contribution in [0.15, 0.2) is 57.8 Å². The van der Waals surface area contributed by atoms with E-state index in [9.17, 15) is 4.79 Å². The summed E-state index contributed by atoms with van der Waals surface area (Å²) < 4.78 is 1.02. The Morgan fingerprint density at radius 1 is 0.958 bits per heavy atom. The Morgan fingerprint density at radius 3 is 2.46 bits per heavy atom. The summed E-state index contributed by atoms with van der Waals surface area (Å²) in [4.78, 5) is 18.2. The van der Waals surface area contributed by atoms with E-state index >= 15 is 0 Å². The largest absolute Gasteiger partial charge is 0.367 e. The highest BCUT2D eigenvalue weighted by atomic mass is 79.9. The number of piperidine rings is 1. The molecule has 0 bridgehead atoms. The van der Waals surface area contributed by atoms with E-state index in [1.807, 2.05) is 30.3 Å². The summed E-state index contributed by atoms with van der Waals surface area (Å²) in [6, 6.07) is 16.3. The van der Waals surface area contributed by atoms with Gasteiger partial charge in [0.2, 0.25) is 0 Å². The number of pyridine rings is 1. The van der Waals surface area contributed by atoms with E-state index in [2.05, 4.69) is 44.0 Å². The molecule has 1 aliphatic heterocycles. The van der Waals surface area contributed by atoms with E-state index in [0.717, 1.165) is 58.1 Å². The number of benzene rings is 2. The van der Waals surface area contributed by atoms with Crippen molar-refractivity contribution in [1.82, 2.24) is 4.98 Å². The molecule has 122 valence electrons. The van der Waals surface area contributed by atoms with E-state index in [0.29, 0.717) is 0 Å². The second-order valence-electron chi connectivity index (χ2n) is 6.28. The molecule has 0 aliphatic carbocycles. The quantitative estimate of drug-likeness (QED) is 0.680. The molecule has 4 rings (SSSR count). The fraction of sp³-hybridized carbons (Fsp3) is 0.250. The first kappa shape index (κ1) is 15.5. The number of rotatable bonds is 2. The molecule has 2 aromatic carbocycles. The van der Waals surface area contributed by atoms with Crippen LogP contribution in [0.3, 0.4) is 0 Å². The van der Waals surface area contributed by atoms with Crippen molar-refractivity contribution < 1.29 is 0 Å². The molecule has 1 fully saturated rings. The SMILES string of the molecule is O=c1[nH]c2ccc(Br)cc2c(-c2ccccc2)c1N1CCCCC1. The first-order valence-electron chi connectivity index (χ1n) is 8.40. The maximum absolute atomic E-state index is 12.9. The molecule has 0 atom stereocenters. The molecule has 0 radical (unpaired) electrons. The van der Waals surface area contributed by atoms with Gasteiger partial charge >= 0.3 is 0 Å². The zero-order chi connectivity index (χ0) is 16.5. The Kier molecular flexibility index (Phi) is 4.15. The third-order valence-electron chi connectivity index (χ3n) is 4.69. The number of nitrogens with one attached hydrogen (secondary N) is 1. The molecule has 3 aromatic rings. The van der Waals surface area contributed by atoms with Gasteiger partial charge in [-0.15, -0.1) is 0 Å². The van der Waals surface area contributed by atoms with Crippen molar-refractivity contribution in [3.63, 3.8) is 0 Å². The number of halogens is 1. The van der Waals surface area contributed by atoms with Crippen molar-refractivity contribution in [3.8, 4) is 11.1 Å². The summed E-state index contributed by atoms with van der Waals surface area (Å²) in [5.41, 5.74) is 3.82. The smallest absolute Gasteiger partial charge is 0.272 e.